The number of aromatic nitrogens is 4. The molecule has 3 heterocycles. The van der Waals surface area contributed by atoms with Gasteiger partial charge in [0.05, 0.1) is 12.8 Å². The van der Waals surface area contributed by atoms with E-state index < -0.39 is 0 Å². The molecule has 158 valence electrons. The van der Waals surface area contributed by atoms with Crippen molar-refractivity contribution < 1.29 is 9.53 Å². The van der Waals surface area contributed by atoms with Gasteiger partial charge in [-0.2, -0.15) is 5.10 Å². The quantitative estimate of drug-likeness (QED) is 0.224. The Morgan fingerprint density at radius 1 is 1.03 bits per heavy atom. The van der Waals surface area contributed by atoms with E-state index in [1.54, 1.807) is 36.4 Å². The summed E-state index contributed by atoms with van der Waals surface area (Å²) in [7, 11) is 1.63. The van der Waals surface area contributed by atoms with Gasteiger partial charge in [-0.25, -0.2) is 4.68 Å². The van der Waals surface area contributed by atoms with Gasteiger partial charge < -0.3 is 9.30 Å². The molecule has 0 radical (unpaired) electrons. The van der Waals surface area contributed by atoms with E-state index >= 15 is 0 Å². The smallest absolute Gasteiger partial charge is 0.215 e. The minimum absolute atomic E-state index is 0.127. The van der Waals surface area contributed by atoms with Crippen LogP contribution in [-0.4, -0.2) is 32.2 Å². The van der Waals surface area contributed by atoms with Crippen LogP contribution >= 0.6 is 22.6 Å². The number of nitrogens with zero attached hydrogens (tertiary/aromatic N) is 4. The Morgan fingerprint density at radius 3 is 2.56 bits per heavy atom. The Hall–Kier alpha value is -3.46. The molecule has 2 aromatic carbocycles. The van der Waals surface area contributed by atoms with Gasteiger partial charge in [-0.3, -0.25) is 9.78 Å². The first-order chi connectivity index (χ1) is 15.6. The molecule has 0 saturated heterocycles. The maximum absolute atomic E-state index is 13.5. The highest BCUT2D eigenvalue weighted by atomic mass is 127. The van der Waals surface area contributed by atoms with Gasteiger partial charge in [-0.05, 0) is 76.7 Å². The van der Waals surface area contributed by atoms with Crippen molar-refractivity contribution in [2.45, 2.75) is 6.54 Å². The van der Waals surface area contributed by atoms with Gasteiger partial charge in [0.2, 0.25) is 5.78 Å². The van der Waals surface area contributed by atoms with E-state index in [-0.39, 0.29) is 5.78 Å². The summed E-state index contributed by atoms with van der Waals surface area (Å²) in [4.78, 5) is 17.5. The number of halogens is 1. The number of carbonyl (C=O) groups is 1. The van der Waals surface area contributed by atoms with Gasteiger partial charge >= 0.3 is 0 Å². The summed E-state index contributed by atoms with van der Waals surface area (Å²) in [6, 6.07) is 19.6. The molecule has 0 aliphatic carbocycles. The molecule has 0 bridgehead atoms. The van der Waals surface area contributed by atoms with Crippen molar-refractivity contribution >= 4 is 39.3 Å². The molecule has 7 heteroatoms. The minimum atomic E-state index is -0.127. The normalized spacial score (nSPS) is 11.1. The van der Waals surface area contributed by atoms with Crippen LogP contribution in [0, 0.1) is 3.57 Å². The first-order valence-corrected chi connectivity index (χ1v) is 11.1. The predicted molar refractivity (Wildman–Crippen MR) is 132 cm³/mol. The van der Waals surface area contributed by atoms with E-state index in [9.17, 15) is 4.79 Å². The molecule has 5 rings (SSSR count). The molecule has 32 heavy (non-hydrogen) atoms. The summed E-state index contributed by atoms with van der Waals surface area (Å²) in [6.45, 7) is 0.665. The van der Waals surface area contributed by atoms with E-state index in [0.717, 1.165) is 16.6 Å². The molecule has 0 unspecified atom stereocenters. The molecule has 0 amide bonds. The molecule has 0 spiro atoms. The summed E-state index contributed by atoms with van der Waals surface area (Å²) < 4.78 is 10.4. The lowest BCUT2D eigenvalue weighted by Crippen LogP contribution is -2.04. The summed E-state index contributed by atoms with van der Waals surface area (Å²) in [6.07, 6.45) is 7.09. The molecular weight excluding hydrogens is 515 g/mol. The van der Waals surface area contributed by atoms with Gasteiger partial charge in [-0.15, -0.1) is 0 Å². The third-order valence-corrected chi connectivity index (χ3v) is 6.07. The van der Waals surface area contributed by atoms with Crippen LogP contribution in [-0.2, 0) is 6.54 Å². The molecule has 0 atom stereocenters. The van der Waals surface area contributed by atoms with E-state index in [4.69, 9.17) is 4.74 Å². The van der Waals surface area contributed by atoms with E-state index in [2.05, 4.69) is 61.5 Å². The molecule has 0 N–H and O–H groups in total. The van der Waals surface area contributed by atoms with E-state index in [0.29, 0.717) is 23.6 Å². The molecule has 0 aliphatic heterocycles. The number of methoxy groups -OCH3 is 1. The Labute approximate surface area is 198 Å². The first kappa shape index (κ1) is 20.4. The summed E-state index contributed by atoms with van der Waals surface area (Å²) in [5.41, 5.74) is 3.98. The summed E-state index contributed by atoms with van der Waals surface area (Å²) in [5, 5.41) is 5.35. The lowest BCUT2D eigenvalue weighted by molar-refractivity contribution is 0.103. The lowest BCUT2D eigenvalue weighted by atomic mass is 10.1. The van der Waals surface area contributed by atoms with Crippen molar-refractivity contribution in [3.05, 3.63) is 106 Å². The molecule has 0 aliphatic rings. The third kappa shape index (κ3) is 3.91. The van der Waals surface area contributed by atoms with Crippen LogP contribution < -0.4 is 4.74 Å². The van der Waals surface area contributed by atoms with E-state index in [1.807, 2.05) is 36.5 Å². The average Bonchev–Trinajstić information content (AvgIpc) is 3.46. The maximum Gasteiger partial charge on any atom is 0.215 e. The number of rotatable bonds is 6. The van der Waals surface area contributed by atoms with Crippen molar-refractivity contribution in [2.24, 2.45) is 0 Å². The van der Waals surface area contributed by atoms with Crippen LogP contribution in [0.1, 0.15) is 21.6 Å². The fourth-order valence-corrected chi connectivity index (χ4v) is 4.08. The first-order valence-electron chi connectivity index (χ1n) is 10.0. The van der Waals surface area contributed by atoms with Crippen LogP contribution in [0.15, 0.2) is 85.5 Å². The number of hydrogen-bond donors (Lipinski definition) is 0. The van der Waals surface area contributed by atoms with Crippen LogP contribution in [0.2, 0.25) is 0 Å². The second-order valence-electron chi connectivity index (χ2n) is 7.36. The zero-order valence-electron chi connectivity index (χ0n) is 17.3. The van der Waals surface area contributed by atoms with Crippen molar-refractivity contribution in [3.8, 4) is 11.4 Å². The predicted octanol–water partition coefficient (Wildman–Crippen LogP) is 5.11. The zero-order valence-corrected chi connectivity index (χ0v) is 19.4. The molecule has 0 saturated carbocycles. The topological polar surface area (TPSA) is 61.9 Å². The van der Waals surface area contributed by atoms with Gasteiger partial charge in [0, 0.05) is 51.4 Å². The fourth-order valence-electron chi connectivity index (χ4n) is 3.73. The Morgan fingerprint density at radius 2 is 1.81 bits per heavy atom. The number of ketones is 1. The third-order valence-electron chi connectivity index (χ3n) is 5.35. The van der Waals surface area contributed by atoms with E-state index in [1.165, 1.54) is 9.13 Å². The van der Waals surface area contributed by atoms with Gasteiger partial charge in [-0.1, -0.05) is 12.1 Å². The van der Waals surface area contributed by atoms with Crippen molar-refractivity contribution in [1.29, 1.82) is 0 Å². The maximum atomic E-state index is 13.5. The Balaban J connectivity index is 1.56. The number of carbonyl (C=O) groups excluding carboxylic acids is 1. The van der Waals surface area contributed by atoms with Gasteiger partial charge in [0.15, 0.2) is 0 Å². The molecular formula is C25H19IN4O2. The highest BCUT2D eigenvalue weighted by molar-refractivity contribution is 14.1. The number of fused-ring (bicyclic) bond motifs is 1. The Kier molecular flexibility index (Phi) is 5.48. The van der Waals surface area contributed by atoms with Gasteiger partial charge in [0.1, 0.15) is 11.4 Å². The minimum Gasteiger partial charge on any atom is -0.497 e. The summed E-state index contributed by atoms with van der Waals surface area (Å²) in [5.74, 6) is 0.582. The largest absolute Gasteiger partial charge is 0.497 e. The second-order valence-corrected chi connectivity index (χ2v) is 8.61. The molecule has 5 aromatic rings. The standard InChI is InChI=1S/C25H19IN4O2/c1-32-20-6-7-24-21(14-20)22(16-29(24)15-17-2-4-18(26)5-3-17)25(31)23-10-13-30(28-23)19-8-11-27-12-9-19/h2-14,16H,15H2,1H3. The number of ether oxygens (including phenoxy) is 1. The SMILES string of the molecule is COc1ccc2c(c1)c(C(=O)c1ccn(-c3ccncc3)n1)cn2Cc1ccc(I)cc1. The second kappa shape index (κ2) is 8.58. The van der Waals surface area contributed by atoms with Crippen molar-refractivity contribution in [2.75, 3.05) is 7.11 Å². The highest BCUT2D eigenvalue weighted by Gasteiger charge is 2.20. The Bertz CT molecular complexity index is 1410. The monoisotopic (exact) mass is 534 g/mol. The van der Waals surface area contributed by atoms with Crippen molar-refractivity contribution in [1.82, 2.24) is 19.3 Å². The molecule has 3 aromatic heterocycles. The van der Waals surface area contributed by atoms with Crippen LogP contribution in [0.4, 0.5) is 0 Å². The van der Waals surface area contributed by atoms with Gasteiger partial charge in [0.25, 0.3) is 0 Å². The lowest BCUT2D eigenvalue weighted by Gasteiger charge is -2.06. The van der Waals surface area contributed by atoms with Crippen molar-refractivity contribution in [3.63, 3.8) is 0 Å². The summed E-state index contributed by atoms with van der Waals surface area (Å²) >= 11 is 2.30. The zero-order chi connectivity index (χ0) is 22.1. The van der Waals surface area contributed by atoms with Crippen LogP contribution in [0.25, 0.3) is 16.6 Å². The van der Waals surface area contributed by atoms with Crippen LogP contribution in [0.3, 0.4) is 0 Å². The average molecular weight is 534 g/mol. The number of benzene rings is 2. The highest BCUT2D eigenvalue weighted by Crippen LogP contribution is 2.28. The fraction of sp³-hybridized carbons (Fsp3) is 0.0800. The molecule has 6 nitrogen and oxygen atoms in total. The van der Waals surface area contributed by atoms with Crippen LogP contribution in [0.5, 0.6) is 5.75 Å². The molecule has 0 fully saturated rings. The number of pyridine rings is 1. The number of hydrogen-bond acceptors (Lipinski definition) is 4.